The maximum absolute atomic E-state index is 14.3. The highest BCUT2D eigenvalue weighted by Crippen LogP contribution is 2.36. The molecule has 0 spiro atoms. The summed E-state index contributed by atoms with van der Waals surface area (Å²) in [7, 11) is 0. The number of carbonyl (C=O) groups excluding carboxylic acids is 1. The number of hydrogen-bond acceptors (Lipinski definition) is 5. The van der Waals surface area contributed by atoms with Crippen molar-refractivity contribution in [1.82, 2.24) is 4.98 Å². The third-order valence-corrected chi connectivity index (χ3v) is 6.76. The largest absolute Gasteiger partial charge is 0.494 e. The van der Waals surface area contributed by atoms with Gasteiger partial charge in [0.15, 0.2) is 5.13 Å². The van der Waals surface area contributed by atoms with Gasteiger partial charge in [-0.2, -0.15) is 0 Å². The second-order valence-electron chi connectivity index (χ2n) is 8.03. The Labute approximate surface area is 208 Å². The van der Waals surface area contributed by atoms with E-state index in [4.69, 9.17) is 14.5 Å². The molecular weight excluding hydrogens is 456 g/mol. The molecule has 0 bridgehead atoms. The molecule has 6 heteroatoms. The standard InChI is InChI=1S/C29H26N2O3S/c1-3-33-22-15-16-24-26(18-22)35-29(30-24)31(19-20-10-6-5-7-11-20)28(32)27-23-13-9-8-12-21(23)14-17-25(27)34-4-2/h5-18H,3-4,19H2,1-2H3. The number of fused-ring (bicyclic) bond motifs is 2. The van der Waals surface area contributed by atoms with Crippen LogP contribution in [0.3, 0.4) is 0 Å². The summed E-state index contributed by atoms with van der Waals surface area (Å²) in [6.07, 6.45) is 0. The van der Waals surface area contributed by atoms with Crippen molar-refractivity contribution in [2.45, 2.75) is 20.4 Å². The summed E-state index contributed by atoms with van der Waals surface area (Å²) < 4.78 is 12.6. The van der Waals surface area contributed by atoms with E-state index in [2.05, 4.69) is 0 Å². The Balaban J connectivity index is 1.65. The van der Waals surface area contributed by atoms with Crippen molar-refractivity contribution >= 4 is 43.4 Å². The molecule has 1 amide bonds. The molecule has 176 valence electrons. The number of benzene rings is 4. The first-order valence-corrected chi connectivity index (χ1v) is 12.5. The van der Waals surface area contributed by atoms with Gasteiger partial charge in [-0.1, -0.05) is 72.0 Å². The van der Waals surface area contributed by atoms with Gasteiger partial charge in [-0.3, -0.25) is 9.69 Å². The Morgan fingerprint density at radius 1 is 0.886 bits per heavy atom. The minimum atomic E-state index is -0.141. The summed E-state index contributed by atoms with van der Waals surface area (Å²) in [4.78, 5) is 20.9. The zero-order valence-electron chi connectivity index (χ0n) is 19.7. The molecule has 0 N–H and O–H groups in total. The predicted molar refractivity (Wildman–Crippen MR) is 143 cm³/mol. The number of hydrogen-bond donors (Lipinski definition) is 0. The van der Waals surface area contributed by atoms with Crippen LogP contribution in [0.25, 0.3) is 21.0 Å². The summed E-state index contributed by atoms with van der Waals surface area (Å²) in [6, 6.07) is 27.6. The van der Waals surface area contributed by atoms with E-state index in [1.807, 2.05) is 98.8 Å². The number of rotatable bonds is 8. The van der Waals surface area contributed by atoms with Gasteiger partial charge in [-0.05, 0) is 54.4 Å². The van der Waals surface area contributed by atoms with Crippen molar-refractivity contribution in [1.29, 1.82) is 0 Å². The van der Waals surface area contributed by atoms with Crippen LogP contribution < -0.4 is 14.4 Å². The molecule has 0 aliphatic rings. The molecule has 0 unspecified atom stereocenters. The van der Waals surface area contributed by atoms with Gasteiger partial charge in [-0.15, -0.1) is 0 Å². The van der Waals surface area contributed by atoms with Gasteiger partial charge in [-0.25, -0.2) is 4.98 Å². The van der Waals surface area contributed by atoms with E-state index < -0.39 is 0 Å². The second-order valence-corrected chi connectivity index (χ2v) is 9.04. The van der Waals surface area contributed by atoms with Crippen molar-refractivity contribution in [3.05, 3.63) is 96.1 Å². The average Bonchev–Trinajstić information content (AvgIpc) is 3.31. The van der Waals surface area contributed by atoms with Crippen molar-refractivity contribution in [3.8, 4) is 11.5 Å². The van der Waals surface area contributed by atoms with Crippen LogP contribution >= 0.6 is 11.3 Å². The van der Waals surface area contributed by atoms with Gasteiger partial charge in [0, 0.05) is 0 Å². The summed E-state index contributed by atoms with van der Waals surface area (Å²) in [6.45, 7) is 5.35. The highest BCUT2D eigenvalue weighted by atomic mass is 32.1. The van der Waals surface area contributed by atoms with E-state index in [9.17, 15) is 4.79 Å². The quantitative estimate of drug-likeness (QED) is 0.237. The predicted octanol–water partition coefficient (Wildman–Crippen LogP) is 7.09. The van der Waals surface area contributed by atoms with E-state index in [0.29, 0.717) is 36.2 Å². The van der Waals surface area contributed by atoms with Gasteiger partial charge >= 0.3 is 0 Å². The number of aromatic nitrogens is 1. The van der Waals surface area contributed by atoms with Crippen LogP contribution in [0, 0.1) is 0 Å². The Hall–Kier alpha value is -3.90. The molecule has 0 aliphatic carbocycles. The Morgan fingerprint density at radius 3 is 2.46 bits per heavy atom. The molecule has 0 fully saturated rings. The van der Waals surface area contributed by atoms with E-state index >= 15 is 0 Å². The topological polar surface area (TPSA) is 51.7 Å². The number of thiazole rings is 1. The molecule has 0 saturated carbocycles. The highest BCUT2D eigenvalue weighted by Gasteiger charge is 2.26. The first kappa shape index (κ1) is 22.9. The lowest BCUT2D eigenvalue weighted by molar-refractivity contribution is 0.0983. The fourth-order valence-electron chi connectivity index (χ4n) is 4.14. The molecule has 1 heterocycles. The number of anilines is 1. The van der Waals surface area contributed by atoms with Gasteiger partial charge in [0.1, 0.15) is 11.5 Å². The smallest absolute Gasteiger partial charge is 0.264 e. The summed E-state index contributed by atoms with van der Waals surface area (Å²) in [5.74, 6) is 1.23. The van der Waals surface area contributed by atoms with Gasteiger partial charge in [0.2, 0.25) is 0 Å². The lowest BCUT2D eigenvalue weighted by Gasteiger charge is -2.22. The first-order valence-electron chi connectivity index (χ1n) is 11.7. The molecule has 5 rings (SSSR count). The van der Waals surface area contributed by atoms with Crippen molar-refractivity contribution in [3.63, 3.8) is 0 Å². The Bertz CT molecular complexity index is 1480. The molecule has 1 aromatic heterocycles. The van der Waals surface area contributed by atoms with Gasteiger partial charge in [0.25, 0.3) is 5.91 Å². The van der Waals surface area contributed by atoms with E-state index in [1.165, 1.54) is 11.3 Å². The third-order valence-electron chi connectivity index (χ3n) is 5.72. The van der Waals surface area contributed by atoms with Crippen LogP contribution in [0.4, 0.5) is 5.13 Å². The zero-order valence-corrected chi connectivity index (χ0v) is 20.5. The zero-order chi connectivity index (χ0) is 24.2. The molecule has 35 heavy (non-hydrogen) atoms. The van der Waals surface area contributed by atoms with Gasteiger partial charge in [0.05, 0.1) is 35.5 Å². The summed E-state index contributed by atoms with van der Waals surface area (Å²) in [5.41, 5.74) is 2.41. The molecule has 4 aromatic carbocycles. The molecule has 0 radical (unpaired) electrons. The first-order chi connectivity index (χ1) is 17.2. The minimum absolute atomic E-state index is 0.141. The van der Waals surface area contributed by atoms with Crippen LogP contribution in [-0.2, 0) is 6.54 Å². The fraction of sp³-hybridized carbons (Fsp3) is 0.172. The average molecular weight is 483 g/mol. The lowest BCUT2D eigenvalue weighted by Crippen LogP contribution is -2.31. The molecule has 0 atom stereocenters. The van der Waals surface area contributed by atoms with E-state index in [0.717, 1.165) is 32.3 Å². The molecular formula is C29H26N2O3S. The van der Waals surface area contributed by atoms with Crippen molar-refractivity contribution in [2.24, 2.45) is 0 Å². The maximum Gasteiger partial charge on any atom is 0.264 e. The number of nitrogens with zero attached hydrogens (tertiary/aromatic N) is 2. The molecule has 5 aromatic rings. The summed E-state index contributed by atoms with van der Waals surface area (Å²) in [5, 5.41) is 2.49. The summed E-state index contributed by atoms with van der Waals surface area (Å²) >= 11 is 1.49. The van der Waals surface area contributed by atoms with Crippen LogP contribution in [-0.4, -0.2) is 24.1 Å². The monoisotopic (exact) mass is 482 g/mol. The number of ether oxygens (including phenoxy) is 2. The highest BCUT2D eigenvalue weighted by molar-refractivity contribution is 7.22. The van der Waals surface area contributed by atoms with Crippen molar-refractivity contribution in [2.75, 3.05) is 18.1 Å². The Kier molecular flexibility index (Phi) is 6.64. The minimum Gasteiger partial charge on any atom is -0.494 e. The van der Waals surface area contributed by atoms with Crippen LogP contribution in [0.5, 0.6) is 11.5 Å². The van der Waals surface area contributed by atoms with Crippen LogP contribution in [0.1, 0.15) is 29.8 Å². The SMILES string of the molecule is CCOc1ccc2nc(N(Cc3ccccc3)C(=O)c3c(OCC)ccc4ccccc34)sc2c1. The van der Waals surface area contributed by atoms with E-state index in [-0.39, 0.29) is 5.91 Å². The third kappa shape index (κ3) is 4.70. The second kappa shape index (κ2) is 10.2. The fourth-order valence-corrected chi connectivity index (χ4v) is 5.13. The lowest BCUT2D eigenvalue weighted by atomic mass is 10.0. The van der Waals surface area contributed by atoms with Gasteiger partial charge < -0.3 is 9.47 Å². The molecule has 0 saturated heterocycles. The maximum atomic E-state index is 14.3. The van der Waals surface area contributed by atoms with E-state index in [1.54, 1.807) is 4.90 Å². The van der Waals surface area contributed by atoms with Crippen molar-refractivity contribution < 1.29 is 14.3 Å². The number of carbonyl (C=O) groups is 1. The van der Waals surface area contributed by atoms with Crippen LogP contribution in [0.2, 0.25) is 0 Å². The normalized spacial score (nSPS) is 11.0. The Morgan fingerprint density at radius 2 is 1.66 bits per heavy atom. The number of amides is 1. The molecule has 0 aliphatic heterocycles. The molecule has 5 nitrogen and oxygen atoms in total. The van der Waals surface area contributed by atoms with Crippen LogP contribution in [0.15, 0.2) is 84.9 Å².